The molecule has 0 heterocycles. The number of primary amides is 1. The second kappa shape index (κ2) is 11.9. The summed E-state index contributed by atoms with van der Waals surface area (Å²) in [6.45, 7) is 7.12. The summed E-state index contributed by atoms with van der Waals surface area (Å²) in [7, 11) is 0. The quantitative estimate of drug-likeness (QED) is 0.198. The van der Waals surface area contributed by atoms with Gasteiger partial charge in [-0.05, 0) is 69.6 Å². The van der Waals surface area contributed by atoms with Crippen LogP contribution in [0.3, 0.4) is 0 Å². The zero-order valence-electron chi connectivity index (χ0n) is 23.4. The maximum absolute atomic E-state index is 12.8. The monoisotopic (exact) mass is 560 g/mol. The number of anilines is 1. The Morgan fingerprint density at radius 3 is 1.98 bits per heavy atom. The summed E-state index contributed by atoms with van der Waals surface area (Å²) in [5.41, 5.74) is 13.4. The zero-order valence-corrected chi connectivity index (χ0v) is 24.2. The van der Waals surface area contributed by atoms with E-state index in [-0.39, 0.29) is 5.41 Å². The van der Waals surface area contributed by atoms with Crippen LogP contribution in [0.2, 0.25) is 5.02 Å². The van der Waals surface area contributed by atoms with Gasteiger partial charge in [0.25, 0.3) is 5.91 Å². The highest BCUT2D eigenvalue weighted by Gasteiger charge is 2.18. The first-order valence-electron chi connectivity index (χ1n) is 13.6. The number of carbonyl (C=O) groups is 1. The highest BCUT2D eigenvalue weighted by molar-refractivity contribution is 6.30. The van der Waals surface area contributed by atoms with Gasteiger partial charge in [0.05, 0.1) is 11.3 Å². The molecule has 0 atom stereocenters. The van der Waals surface area contributed by atoms with Crippen molar-refractivity contribution in [1.82, 2.24) is 0 Å². The van der Waals surface area contributed by atoms with Gasteiger partial charge in [-0.1, -0.05) is 111 Å². The number of nitrogens with one attached hydrogen (secondary N) is 1. The molecule has 0 fully saturated rings. The molecule has 5 rings (SSSR count). The van der Waals surface area contributed by atoms with Gasteiger partial charge < -0.3 is 15.8 Å². The van der Waals surface area contributed by atoms with E-state index in [0.717, 1.165) is 27.8 Å². The van der Waals surface area contributed by atoms with Crippen molar-refractivity contribution >= 4 is 23.2 Å². The molecule has 0 radical (unpaired) electrons. The molecule has 0 aromatic heterocycles. The van der Waals surface area contributed by atoms with E-state index in [0.29, 0.717) is 34.3 Å². The lowest BCUT2D eigenvalue weighted by molar-refractivity contribution is 0.100. The average Bonchev–Trinajstić information content (AvgIpc) is 2.97. The summed E-state index contributed by atoms with van der Waals surface area (Å²) in [5, 5.41) is 4.12. The number of amides is 1. The van der Waals surface area contributed by atoms with Crippen molar-refractivity contribution in [1.29, 1.82) is 0 Å². The van der Waals surface area contributed by atoms with E-state index < -0.39 is 5.91 Å². The van der Waals surface area contributed by atoms with Crippen LogP contribution in [0.4, 0.5) is 5.69 Å². The Morgan fingerprint density at radius 1 is 0.756 bits per heavy atom. The second-order valence-electron chi connectivity index (χ2n) is 11.1. The Bertz CT molecular complexity index is 1640. The lowest BCUT2D eigenvalue weighted by Crippen LogP contribution is -2.16. The van der Waals surface area contributed by atoms with Gasteiger partial charge in [0, 0.05) is 17.1 Å². The van der Waals surface area contributed by atoms with E-state index in [9.17, 15) is 4.79 Å². The summed E-state index contributed by atoms with van der Waals surface area (Å²) < 4.78 is 6.15. The van der Waals surface area contributed by atoms with Crippen molar-refractivity contribution in [2.75, 3.05) is 5.32 Å². The van der Waals surface area contributed by atoms with Crippen molar-refractivity contribution in [3.8, 4) is 33.8 Å². The summed E-state index contributed by atoms with van der Waals surface area (Å²) in [6.07, 6.45) is 0. The van der Waals surface area contributed by atoms with Gasteiger partial charge >= 0.3 is 0 Å². The van der Waals surface area contributed by atoms with E-state index in [1.165, 1.54) is 5.56 Å². The van der Waals surface area contributed by atoms with Crippen molar-refractivity contribution in [3.63, 3.8) is 0 Å². The fourth-order valence-corrected chi connectivity index (χ4v) is 4.84. The molecular formula is C36H33ClN2O2. The third kappa shape index (κ3) is 6.79. The highest BCUT2D eigenvalue weighted by Crippen LogP contribution is 2.38. The van der Waals surface area contributed by atoms with Crippen LogP contribution < -0.4 is 15.8 Å². The van der Waals surface area contributed by atoms with E-state index in [4.69, 9.17) is 22.1 Å². The van der Waals surface area contributed by atoms with Crippen molar-refractivity contribution in [2.45, 2.75) is 32.7 Å². The third-order valence-electron chi connectivity index (χ3n) is 7.02. The molecule has 206 valence electrons. The van der Waals surface area contributed by atoms with Crippen molar-refractivity contribution in [3.05, 3.63) is 137 Å². The summed E-state index contributed by atoms with van der Waals surface area (Å²) in [6, 6.07) is 37.7. The number of hydrogen-bond donors (Lipinski definition) is 2. The largest absolute Gasteiger partial charge is 0.457 e. The Balaban J connectivity index is 1.54. The zero-order chi connectivity index (χ0) is 29.0. The molecule has 0 saturated heterocycles. The van der Waals surface area contributed by atoms with Gasteiger partial charge in [0.15, 0.2) is 0 Å². The molecule has 0 aliphatic carbocycles. The molecule has 1 amide bonds. The Labute approximate surface area is 246 Å². The van der Waals surface area contributed by atoms with Crippen LogP contribution in [-0.2, 0) is 12.0 Å². The van der Waals surface area contributed by atoms with E-state index in [1.807, 2.05) is 24.3 Å². The summed E-state index contributed by atoms with van der Waals surface area (Å²) >= 11 is 6.06. The average molecular weight is 561 g/mol. The van der Waals surface area contributed by atoms with Crippen LogP contribution in [0.5, 0.6) is 11.5 Å². The van der Waals surface area contributed by atoms with Crippen molar-refractivity contribution in [2.24, 2.45) is 5.73 Å². The topological polar surface area (TPSA) is 64.3 Å². The number of halogens is 1. The van der Waals surface area contributed by atoms with Crippen LogP contribution >= 0.6 is 11.6 Å². The Kier molecular flexibility index (Phi) is 8.14. The SMILES string of the molecule is CC(C)(C)c1ccc(CNc2c(C(N)=O)cc(Oc3ccc(Cl)cc3)cc2-c2ccc(-c3ccccc3)cc2)cc1. The molecule has 0 unspecified atom stereocenters. The Morgan fingerprint density at radius 2 is 1.37 bits per heavy atom. The van der Waals surface area contributed by atoms with Gasteiger partial charge in [0.1, 0.15) is 11.5 Å². The summed E-state index contributed by atoms with van der Waals surface area (Å²) in [4.78, 5) is 12.8. The van der Waals surface area contributed by atoms with Gasteiger partial charge in [-0.2, -0.15) is 0 Å². The first-order valence-corrected chi connectivity index (χ1v) is 14.0. The highest BCUT2D eigenvalue weighted by atomic mass is 35.5. The van der Waals surface area contributed by atoms with Gasteiger partial charge in [-0.15, -0.1) is 0 Å². The van der Waals surface area contributed by atoms with E-state index >= 15 is 0 Å². The van der Waals surface area contributed by atoms with Crippen LogP contribution in [0.15, 0.2) is 115 Å². The number of nitrogens with two attached hydrogens (primary N) is 1. The van der Waals surface area contributed by atoms with Crippen LogP contribution in [0.25, 0.3) is 22.3 Å². The Hall–Kier alpha value is -4.54. The number of rotatable bonds is 8. The molecule has 0 saturated carbocycles. The first-order chi connectivity index (χ1) is 19.7. The fourth-order valence-electron chi connectivity index (χ4n) is 4.71. The third-order valence-corrected chi connectivity index (χ3v) is 7.27. The van der Waals surface area contributed by atoms with E-state index in [2.05, 4.69) is 86.8 Å². The molecule has 0 bridgehead atoms. The number of hydrogen-bond acceptors (Lipinski definition) is 3. The molecule has 5 heteroatoms. The molecule has 0 aliphatic rings. The molecule has 0 spiro atoms. The fraction of sp³-hybridized carbons (Fsp3) is 0.139. The molecule has 0 aliphatic heterocycles. The lowest BCUT2D eigenvalue weighted by atomic mass is 9.87. The first kappa shape index (κ1) is 28.0. The maximum Gasteiger partial charge on any atom is 0.250 e. The molecule has 3 N–H and O–H groups in total. The lowest BCUT2D eigenvalue weighted by Gasteiger charge is -2.20. The van der Waals surface area contributed by atoms with Gasteiger partial charge in [-0.25, -0.2) is 0 Å². The van der Waals surface area contributed by atoms with Crippen LogP contribution in [0, 0.1) is 0 Å². The minimum Gasteiger partial charge on any atom is -0.457 e. The standard InChI is InChI=1S/C36H33ClN2O2/c1-36(2,3)28-15-9-24(10-16-28)23-39-34-32(27-13-11-26(12-14-27)25-7-5-4-6-8-25)21-31(22-33(34)35(38)40)41-30-19-17-29(37)18-20-30/h4-22,39H,23H2,1-3H3,(H2,38,40). The minimum atomic E-state index is -0.542. The van der Waals surface area contributed by atoms with Gasteiger partial charge in [0.2, 0.25) is 0 Å². The minimum absolute atomic E-state index is 0.0735. The normalized spacial score (nSPS) is 11.2. The van der Waals surface area contributed by atoms with Crippen LogP contribution in [0.1, 0.15) is 42.3 Å². The number of benzene rings is 5. The molecular weight excluding hydrogens is 528 g/mol. The molecule has 41 heavy (non-hydrogen) atoms. The number of ether oxygens (including phenoxy) is 1. The van der Waals surface area contributed by atoms with Crippen molar-refractivity contribution < 1.29 is 9.53 Å². The smallest absolute Gasteiger partial charge is 0.250 e. The maximum atomic E-state index is 12.8. The van der Waals surface area contributed by atoms with Gasteiger partial charge in [-0.3, -0.25) is 4.79 Å². The second-order valence-corrected chi connectivity index (χ2v) is 11.5. The molecule has 5 aromatic carbocycles. The molecule has 5 aromatic rings. The van der Waals surface area contributed by atoms with Crippen LogP contribution in [-0.4, -0.2) is 5.91 Å². The van der Waals surface area contributed by atoms with E-state index in [1.54, 1.807) is 30.3 Å². The summed E-state index contributed by atoms with van der Waals surface area (Å²) in [5.74, 6) is 0.567. The number of carbonyl (C=O) groups excluding carboxylic acids is 1. The molecule has 4 nitrogen and oxygen atoms in total. The predicted molar refractivity (Wildman–Crippen MR) is 170 cm³/mol. The predicted octanol–water partition coefficient (Wildman–Crippen LogP) is 9.47.